The highest BCUT2D eigenvalue weighted by molar-refractivity contribution is 5.67. The van der Waals surface area contributed by atoms with Crippen molar-refractivity contribution in [3.63, 3.8) is 0 Å². The standard InChI is InChI=1S/C14H14N4O2/c19-18(20)13-4-2-1-3-12(13)14-15-8-7-11(17-14)9-16-10-5-6-10/h1-4,7-8,10,16H,5-6,9H2. The number of benzene rings is 1. The molecule has 2 aromatic rings. The SMILES string of the molecule is O=[N+]([O-])c1ccccc1-c1nccc(CNC2CC2)n1. The molecule has 3 rings (SSSR count). The molecular formula is C14H14N4O2. The summed E-state index contributed by atoms with van der Waals surface area (Å²) < 4.78 is 0. The lowest BCUT2D eigenvalue weighted by molar-refractivity contribution is -0.384. The normalized spacial score (nSPS) is 14.2. The summed E-state index contributed by atoms with van der Waals surface area (Å²) in [5.41, 5.74) is 1.32. The summed E-state index contributed by atoms with van der Waals surface area (Å²) in [7, 11) is 0. The minimum atomic E-state index is -0.409. The molecule has 1 aliphatic carbocycles. The summed E-state index contributed by atoms with van der Waals surface area (Å²) in [6.07, 6.45) is 4.06. The van der Waals surface area contributed by atoms with Gasteiger partial charge >= 0.3 is 0 Å². The molecule has 1 N–H and O–H groups in total. The summed E-state index contributed by atoms with van der Waals surface area (Å²) in [5, 5.41) is 14.4. The Morgan fingerprint density at radius 2 is 2.10 bits per heavy atom. The first-order valence-electron chi connectivity index (χ1n) is 6.53. The van der Waals surface area contributed by atoms with E-state index in [4.69, 9.17) is 0 Å². The highest BCUT2D eigenvalue weighted by atomic mass is 16.6. The van der Waals surface area contributed by atoms with Crippen molar-refractivity contribution in [2.45, 2.75) is 25.4 Å². The minimum absolute atomic E-state index is 0.0276. The Kier molecular flexibility index (Phi) is 3.39. The van der Waals surface area contributed by atoms with E-state index in [9.17, 15) is 10.1 Å². The van der Waals surface area contributed by atoms with Gasteiger partial charge in [0.2, 0.25) is 0 Å². The van der Waals surface area contributed by atoms with Crippen LogP contribution < -0.4 is 5.32 Å². The van der Waals surface area contributed by atoms with Gasteiger partial charge in [0.05, 0.1) is 16.2 Å². The lowest BCUT2D eigenvalue weighted by atomic mass is 10.1. The number of aromatic nitrogens is 2. The molecule has 1 aliphatic rings. The minimum Gasteiger partial charge on any atom is -0.308 e. The molecule has 1 saturated carbocycles. The van der Waals surface area contributed by atoms with Gasteiger partial charge in [0.15, 0.2) is 5.82 Å². The van der Waals surface area contributed by atoms with Crippen LogP contribution in [0.3, 0.4) is 0 Å². The zero-order valence-corrected chi connectivity index (χ0v) is 10.8. The van der Waals surface area contributed by atoms with Crippen LogP contribution in [0.4, 0.5) is 5.69 Å². The Morgan fingerprint density at radius 3 is 2.85 bits per heavy atom. The Bertz CT molecular complexity index is 641. The molecule has 1 aromatic heterocycles. The lowest BCUT2D eigenvalue weighted by Gasteiger charge is -2.05. The number of nitro groups is 1. The van der Waals surface area contributed by atoms with Gasteiger partial charge in [-0.2, -0.15) is 0 Å². The number of nitrogens with zero attached hydrogens (tertiary/aromatic N) is 3. The largest absolute Gasteiger partial charge is 0.308 e. The van der Waals surface area contributed by atoms with Gasteiger partial charge in [0, 0.05) is 24.8 Å². The van der Waals surface area contributed by atoms with Gasteiger partial charge in [-0.3, -0.25) is 10.1 Å². The summed E-state index contributed by atoms with van der Waals surface area (Å²) in [6, 6.07) is 8.95. The predicted octanol–water partition coefficient (Wildman–Crippen LogP) is 2.30. The molecule has 20 heavy (non-hydrogen) atoms. The number of hydrogen-bond donors (Lipinski definition) is 1. The topological polar surface area (TPSA) is 81.0 Å². The van der Waals surface area contributed by atoms with E-state index < -0.39 is 4.92 Å². The number of para-hydroxylation sites is 1. The molecule has 6 nitrogen and oxygen atoms in total. The molecule has 0 unspecified atom stereocenters. The van der Waals surface area contributed by atoms with Crippen LogP contribution >= 0.6 is 0 Å². The second kappa shape index (κ2) is 5.34. The van der Waals surface area contributed by atoms with Gasteiger partial charge in [-0.05, 0) is 25.0 Å². The van der Waals surface area contributed by atoms with Gasteiger partial charge in [0.25, 0.3) is 5.69 Å². The van der Waals surface area contributed by atoms with Crippen LogP contribution in [0, 0.1) is 10.1 Å². The van der Waals surface area contributed by atoms with Gasteiger partial charge in [-0.25, -0.2) is 9.97 Å². The Hall–Kier alpha value is -2.34. The van der Waals surface area contributed by atoms with E-state index in [1.165, 1.54) is 18.9 Å². The first kappa shape index (κ1) is 12.7. The molecule has 1 aromatic carbocycles. The van der Waals surface area contributed by atoms with Crippen molar-refractivity contribution < 1.29 is 4.92 Å². The van der Waals surface area contributed by atoms with E-state index in [0.717, 1.165) is 5.69 Å². The van der Waals surface area contributed by atoms with Crippen molar-refractivity contribution >= 4 is 5.69 Å². The van der Waals surface area contributed by atoms with Gasteiger partial charge in [-0.1, -0.05) is 12.1 Å². The van der Waals surface area contributed by atoms with Crippen molar-refractivity contribution in [1.29, 1.82) is 0 Å². The molecule has 0 spiro atoms. The number of rotatable bonds is 5. The highest BCUT2D eigenvalue weighted by Crippen LogP contribution is 2.26. The first-order valence-corrected chi connectivity index (χ1v) is 6.53. The maximum atomic E-state index is 11.0. The van der Waals surface area contributed by atoms with Crippen LogP contribution in [0.15, 0.2) is 36.5 Å². The number of nitro benzene ring substituents is 1. The van der Waals surface area contributed by atoms with E-state index in [1.54, 1.807) is 24.4 Å². The molecule has 0 aliphatic heterocycles. The van der Waals surface area contributed by atoms with Crippen LogP contribution in [0.2, 0.25) is 0 Å². The summed E-state index contributed by atoms with van der Waals surface area (Å²) >= 11 is 0. The third-order valence-electron chi connectivity index (χ3n) is 3.20. The molecule has 102 valence electrons. The molecular weight excluding hydrogens is 256 g/mol. The average Bonchev–Trinajstić information content (AvgIpc) is 3.30. The predicted molar refractivity (Wildman–Crippen MR) is 74.0 cm³/mol. The first-order chi connectivity index (χ1) is 9.74. The molecule has 0 bridgehead atoms. The third-order valence-corrected chi connectivity index (χ3v) is 3.20. The maximum Gasteiger partial charge on any atom is 0.280 e. The monoisotopic (exact) mass is 270 g/mol. The average molecular weight is 270 g/mol. The van der Waals surface area contributed by atoms with Gasteiger partial charge in [0.1, 0.15) is 0 Å². The third kappa shape index (κ3) is 2.80. The van der Waals surface area contributed by atoms with Crippen molar-refractivity contribution in [2.75, 3.05) is 0 Å². The van der Waals surface area contributed by atoms with Crippen LogP contribution in [-0.4, -0.2) is 20.9 Å². The Labute approximate surface area is 116 Å². The number of nitrogens with one attached hydrogen (secondary N) is 1. The molecule has 1 heterocycles. The van der Waals surface area contributed by atoms with Crippen LogP contribution in [0.1, 0.15) is 18.5 Å². The Morgan fingerprint density at radius 1 is 1.30 bits per heavy atom. The second-order valence-electron chi connectivity index (χ2n) is 4.80. The fourth-order valence-electron chi connectivity index (χ4n) is 1.98. The van der Waals surface area contributed by atoms with E-state index in [-0.39, 0.29) is 5.69 Å². The summed E-state index contributed by atoms with van der Waals surface area (Å²) in [6.45, 7) is 0.667. The zero-order valence-electron chi connectivity index (χ0n) is 10.8. The molecule has 0 radical (unpaired) electrons. The van der Waals surface area contributed by atoms with E-state index >= 15 is 0 Å². The van der Waals surface area contributed by atoms with E-state index in [0.29, 0.717) is 24.0 Å². The van der Waals surface area contributed by atoms with Crippen molar-refractivity contribution in [3.8, 4) is 11.4 Å². The van der Waals surface area contributed by atoms with Crippen molar-refractivity contribution in [3.05, 3.63) is 52.3 Å². The van der Waals surface area contributed by atoms with Gasteiger partial charge < -0.3 is 5.32 Å². The molecule has 0 atom stereocenters. The number of hydrogen-bond acceptors (Lipinski definition) is 5. The van der Waals surface area contributed by atoms with Crippen molar-refractivity contribution in [1.82, 2.24) is 15.3 Å². The molecule has 1 fully saturated rings. The fraction of sp³-hybridized carbons (Fsp3) is 0.286. The van der Waals surface area contributed by atoms with E-state index in [2.05, 4.69) is 15.3 Å². The molecule has 0 amide bonds. The fourth-order valence-corrected chi connectivity index (χ4v) is 1.98. The lowest BCUT2D eigenvalue weighted by Crippen LogP contribution is -2.16. The smallest absolute Gasteiger partial charge is 0.280 e. The summed E-state index contributed by atoms with van der Waals surface area (Å²) in [4.78, 5) is 19.2. The van der Waals surface area contributed by atoms with Crippen molar-refractivity contribution in [2.24, 2.45) is 0 Å². The Balaban J connectivity index is 1.89. The second-order valence-corrected chi connectivity index (χ2v) is 4.80. The zero-order chi connectivity index (χ0) is 13.9. The van der Waals surface area contributed by atoms with Gasteiger partial charge in [-0.15, -0.1) is 0 Å². The van der Waals surface area contributed by atoms with Crippen LogP contribution in [0.25, 0.3) is 11.4 Å². The van der Waals surface area contributed by atoms with Crippen LogP contribution in [-0.2, 0) is 6.54 Å². The highest BCUT2D eigenvalue weighted by Gasteiger charge is 2.21. The molecule has 6 heteroatoms. The van der Waals surface area contributed by atoms with Crippen LogP contribution in [0.5, 0.6) is 0 Å². The maximum absolute atomic E-state index is 11.0. The van der Waals surface area contributed by atoms with E-state index in [1.807, 2.05) is 6.07 Å². The molecule has 0 saturated heterocycles. The summed E-state index contributed by atoms with van der Waals surface area (Å²) in [5.74, 6) is 0.396. The quantitative estimate of drug-likeness (QED) is 0.666.